The van der Waals surface area contributed by atoms with Crippen LogP contribution in [-0.4, -0.2) is 26.3 Å². The Bertz CT molecular complexity index is 416. The van der Waals surface area contributed by atoms with Gasteiger partial charge in [0.05, 0.1) is 7.11 Å². The first-order valence-electron chi connectivity index (χ1n) is 6.60. The molecule has 1 aromatic rings. The third-order valence-corrected chi connectivity index (χ3v) is 3.14. The molecule has 2 atom stereocenters. The highest BCUT2D eigenvalue weighted by Gasteiger charge is 2.16. The van der Waals surface area contributed by atoms with Crippen molar-refractivity contribution < 1.29 is 18.3 Å². The molecule has 0 aromatic heterocycles. The molecule has 3 N–H and O–H groups in total. The van der Waals surface area contributed by atoms with E-state index >= 15 is 0 Å². The number of hydrogen-bond acceptors (Lipinski definition) is 4. The summed E-state index contributed by atoms with van der Waals surface area (Å²) in [6.07, 6.45) is 0.951. The summed E-state index contributed by atoms with van der Waals surface area (Å²) < 4.78 is 34.3. The molecule has 1 rings (SSSR count). The molecule has 0 aliphatic rings. The van der Waals surface area contributed by atoms with E-state index in [1.807, 2.05) is 6.92 Å². The van der Waals surface area contributed by atoms with Crippen molar-refractivity contribution in [3.05, 3.63) is 23.8 Å². The molecule has 0 bridgehead atoms. The monoisotopic (exact) mass is 288 g/mol. The third-order valence-electron chi connectivity index (χ3n) is 3.14. The largest absolute Gasteiger partial charge is 0.493 e. The van der Waals surface area contributed by atoms with Crippen molar-refractivity contribution in [2.75, 3.05) is 13.7 Å². The molecule has 0 fully saturated rings. The smallest absolute Gasteiger partial charge is 0.387 e. The van der Waals surface area contributed by atoms with E-state index in [1.165, 1.54) is 13.2 Å². The van der Waals surface area contributed by atoms with Crippen LogP contribution < -0.4 is 20.5 Å². The second-order valence-electron chi connectivity index (χ2n) is 4.55. The summed E-state index contributed by atoms with van der Waals surface area (Å²) in [4.78, 5) is 0. The Morgan fingerprint density at radius 3 is 2.50 bits per heavy atom. The highest BCUT2D eigenvalue weighted by Crippen LogP contribution is 2.31. The van der Waals surface area contributed by atoms with Gasteiger partial charge in [-0.2, -0.15) is 8.78 Å². The van der Waals surface area contributed by atoms with E-state index in [0.717, 1.165) is 12.0 Å². The molecule has 4 nitrogen and oxygen atoms in total. The fourth-order valence-corrected chi connectivity index (χ4v) is 1.86. The van der Waals surface area contributed by atoms with Gasteiger partial charge in [-0.25, -0.2) is 0 Å². The van der Waals surface area contributed by atoms with Gasteiger partial charge in [0.15, 0.2) is 11.5 Å². The SMILES string of the molecule is CCC(C)NC(CN)c1ccc(OC)c(OC(F)F)c1. The predicted octanol–water partition coefficient (Wildman–Crippen LogP) is 2.68. The molecule has 114 valence electrons. The number of alkyl halides is 2. The van der Waals surface area contributed by atoms with E-state index in [4.69, 9.17) is 10.5 Å². The average Bonchev–Trinajstić information content (AvgIpc) is 2.43. The number of nitrogens with one attached hydrogen (secondary N) is 1. The van der Waals surface area contributed by atoms with Crippen LogP contribution in [0.2, 0.25) is 0 Å². The Kier molecular flexibility index (Phi) is 6.67. The Labute approximate surface area is 118 Å². The van der Waals surface area contributed by atoms with Crippen molar-refractivity contribution in [3.8, 4) is 11.5 Å². The molecule has 0 spiro atoms. The maximum Gasteiger partial charge on any atom is 0.387 e. The zero-order chi connectivity index (χ0) is 15.1. The van der Waals surface area contributed by atoms with E-state index in [-0.39, 0.29) is 23.6 Å². The first-order chi connectivity index (χ1) is 9.51. The van der Waals surface area contributed by atoms with Crippen LogP contribution in [-0.2, 0) is 0 Å². The van der Waals surface area contributed by atoms with E-state index < -0.39 is 6.61 Å². The number of methoxy groups -OCH3 is 1. The number of halogens is 2. The first-order valence-corrected chi connectivity index (χ1v) is 6.60. The van der Waals surface area contributed by atoms with E-state index in [0.29, 0.717) is 6.54 Å². The maximum absolute atomic E-state index is 12.4. The normalized spacial score (nSPS) is 14.2. The average molecular weight is 288 g/mol. The highest BCUT2D eigenvalue weighted by molar-refractivity contribution is 5.44. The summed E-state index contributed by atoms with van der Waals surface area (Å²) in [5.74, 6) is 0.290. The standard InChI is InChI=1S/C14H22F2N2O2/c1-4-9(2)18-11(8-17)10-5-6-12(19-3)13(7-10)20-14(15)16/h5-7,9,11,14,18H,4,8,17H2,1-3H3. The molecule has 0 saturated heterocycles. The van der Waals surface area contributed by atoms with Gasteiger partial charge >= 0.3 is 6.61 Å². The fourth-order valence-electron chi connectivity index (χ4n) is 1.86. The quantitative estimate of drug-likeness (QED) is 0.772. The van der Waals surface area contributed by atoms with E-state index in [1.54, 1.807) is 12.1 Å². The van der Waals surface area contributed by atoms with Crippen LogP contribution in [0.25, 0.3) is 0 Å². The Balaban J connectivity index is 2.98. The molecule has 0 radical (unpaired) electrons. The number of hydrogen-bond donors (Lipinski definition) is 2. The van der Waals surface area contributed by atoms with Crippen molar-refractivity contribution >= 4 is 0 Å². The molecule has 0 aliphatic heterocycles. The Hall–Kier alpha value is -1.40. The van der Waals surface area contributed by atoms with Gasteiger partial charge in [0, 0.05) is 18.6 Å². The molecule has 0 heterocycles. The van der Waals surface area contributed by atoms with Gasteiger partial charge in [-0.1, -0.05) is 13.0 Å². The minimum atomic E-state index is -2.89. The van der Waals surface area contributed by atoms with Crippen LogP contribution >= 0.6 is 0 Å². The van der Waals surface area contributed by atoms with Crippen molar-refractivity contribution in [3.63, 3.8) is 0 Å². The van der Waals surface area contributed by atoms with Gasteiger partial charge in [0.2, 0.25) is 0 Å². The van der Waals surface area contributed by atoms with E-state index in [2.05, 4.69) is 17.0 Å². The molecule has 0 amide bonds. The van der Waals surface area contributed by atoms with Crippen molar-refractivity contribution in [2.45, 2.75) is 39.0 Å². The van der Waals surface area contributed by atoms with E-state index in [9.17, 15) is 8.78 Å². The van der Waals surface area contributed by atoms with Crippen LogP contribution in [0.4, 0.5) is 8.78 Å². The number of nitrogens with two attached hydrogens (primary N) is 1. The summed E-state index contributed by atoms with van der Waals surface area (Å²) in [5.41, 5.74) is 6.54. The number of benzene rings is 1. The lowest BCUT2D eigenvalue weighted by Crippen LogP contribution is -2.34. The molecule has 1 aromatic carbocycles. The molecule has 0 aliphatic carbocycles. The fraction of sp³-hybridized carbons (Fsp3) is 0.571. The van der Waals surface area contributed by atoms with Gasteiger partial charge in [-0.3, -0.25) is 0 Å². The zero-order valence-electron chi connectivity index (χ0n) is 12.0. The van der Waals surface area contributed by atoms with Crippen molar-refractivity contribution in [1.82, 2.24) is 5.32 Å². The summed E-state index contributed by atoms with van der Waals surface area (Å²) in [6.45, 7) is 1.58. The van der Waals surface area contributed by atoms with Gasteiger partial charge in [-0.15, -0.1) is 0 Å². The Morgan fingerprint density at radius 1 is 1.30 bits per heavy atom. The minimum absolute atomic E-state index is 0.0180. The van der Waals surface area contributed by atoms with Gasteiger partial charge < -0.3 is 20.5 Å². The zero-order valence-corrected chi connectivity index (χ0v) is 12.0. The third kappa shape index (κ3) is 4.61. The molecule has 2 unspecified atom stereocenters. The van der Waals surface area contributed by atoms with Crippen LogP contribution in [0.5, 0.6) is 11.5 Å². The minimum Gasteiger partial charge on any atom is -0.493 e. The lowest BCUT2D eigenvalue weighted by molar-refractivity contribution is -0.0512. The predicted molar refractivity (Wildman–Crippen MR) is 74.3 cm³/mol. The van der Waals surface area contributed by atoms with Crippen LogP contribution in [0, 0.1) is 0 Å². The number of rotatable bonds is 8. The maximum atomic E-state index is 12.4. The van der Waals surface area contributed by atoms with Gasteiger partial charge in [0.1, 0.15) is 0 Å². The van der Waals surface area contributed by atoms with Gasteiger partial charge in [0.25, 0.3) is 0 Å². The summed E-state index contributed by atoms with van der Waals surface area (Å²) in [6, 6.07) is 5.11. The highest BCUT2D eigenvalue weighted by atomic mass is 19.3. The Morgan fingerprint density at radius 2 is 2.00 bits per heavy atom. The lowest BCUT2D eigenvalue weighted by atomic mass is 10.0. The van der Waals surface area contributed by atoms with Crippen molar-refractivity contribution in [2.24, 2.45) is 5.73 Å². The first kappa shape index (κ1) is 16.7. The second kappa shape index (κ2) is 8.01. The molecule has 20 heavy (non-hydrogen) atoms. The topological polar surface area (TPSA) is 56.5 Å². The lowest BCUT2D eigenvalue weighted by Gasteiger charge is -2.22. The molecular weight excluding hydrogens is 266 g/mol. The number of ether oxygens (including phenoxy) is 2. The molecular formula is C14H22F2N2O2. The van der Waals surface area contributed by atoms with Crippen molar-refractivity contribution in [1.29, 1.82) is 0 Å². The van der Waals surface area contributed by atoms with Crippen LogP contribution in [0.1, 0.15) is 31.9 Å². The second-order valence-corrected chi connectivity index (χ2v) is 4.55. The summed E-state index contributed by atoms with van der Waals surface area (Å²) in [7, 11) is 1.41. The van der Waals surface area contributed by atoms with Gasteiger partial charge in [-0.05, 0) is 31.0 Å². The van der Waals surface area contributed by atoms with Crippen LogP contribution in [0.15, 0.2) is 18.2 Å². The van der Waals surface area contributed by atoms with Crippen LogP contribution in [0.3, 0.4) is 0 Å². The molecule has 0 saturated carbocycles. The summed E-state index contributed by atoms with van der Waals surface area (Å²) >= 11 is 0. The molecule has 6 heteroatoms. The summed E-state index contributed by atoms with van der Waals surface area (Å²) in [5, 5.41) is 3.34.